The van der Waals surface area contributed by atoms with Crippen LogP contribution in [0.4, 0.5) is 11.4 Å². The van der Waals surface area contributed by atoms with Crippen molar-refractivity contribution in [2.75, 3.05) is 24.7 Å². The number of carbonyl (C=O) groups excluding carboxylic acids is 2. The number of nitrogens with zero attached hydrogens (tertiary/aromatic N) is 1. The predicted molar refractivity (Wildman–Crippen MR) is 106 cm³/mol. The van der Waals surface area contributed by atoms with Gasteiger partial charge in [-0.25, -0.2) is 12.7 Å². The zero-order valence-electron chi connectivity index (χ0n) is 15.3. The average molecular weight is 410 g/mol. The normalized spacial score (nSPS) is 11.3. The van der Waals surface area contributed by atoms with Crippen LogP contribution in [0.5, 0.6) is 0 Å². The van der Waals surface area contributed by atoms with Crippen molar-refractivity contribution >= 4 is 44.8 Å². The van der Waals surface area contributed by atoms with Gasteiger partial charge in [0.2, 0.25) is 15.9 Å². The number of hydrogen-bond acceptors (Lipinski definition) is 4. The van der Waals surface area contributed by atoms with Gasteiger partial charge in [0.25, 0.3) is 5.91 Å². The molecule has 7 nitrogen and oxygen atoms in total. The molecule has 2 aromatic carbocycles. The zero-order chi connectivity index (χ0) is 20.4. The summed E-state index contributed by atoms with van der Waals surface area (Å²) >= 11 is 6.01. The Morgan fingerprint density at radius 2 is 1.67 bits per heavy atom. The van der Waals surface area contributed by atoms with Crippen LogP contribution in [0.3, 0.4) is 0 Å². The maximum Gasteiger partial charge on any atom is 0.255 e. The van der Waals surface area contributed by atoms with Crippen LogP contribution < -0.4 is 10.6 Å². The lowest BCUT2D eigenvalue weighted by atomic mass is 10.1. The molecule has 0 aromatic heterocycles. The Bertz CT molecular complexity index is 1000. The number of sulfonamides is 1. The summed E-state index contributed by atoms with van der Waals surface area (Å²) in [6, 6.07) is 9.19. The van der Waals surface area contributed by atoms with Crippen LogP contribution >= 0.6 is 11.6 Å². The first-order valence-electron chi connectivity index (χ1n) is 7.94. The van der Waals surface area contributed by atoms with Gasteiger partial charge < -0.3 is 10.6 Å². The molecule has 0 aliphatic carbocycles. The molecule has 0 aliphatic rings. The van der Waals surface area contributed by atoms with Gasteiger partial charge in [0.1, 0.15) is 4.90 Å². The molecule has 0 atom stereocenters. The monoisotopic (exact) mass is 409 g/mol. The highest BCUT2D eigenvalue weighted by molar-refractivity contribution is 7.89. The number of anilines is 2. The van der Waals surface area contributed by atoms with Gasteiger partial charge >= 0.3 is 0 Å². The molecular formula is C18H20ClN3O4S. The van der Waals surface area contributed by atoms with Crippen LogP contribution in [-0.4, -0.2) is 38.6 Å². The van der Waals surface area contributed by atoms with Crippen molar-refractivity contribution in [1.82, 2.24) is 4.31 Å². The van der Waals surface area contributed by atoms with Crippen molar-refractivity contribution in [2.24, 2.45) is 0 Å². The molecular weight excluding hydrogens is 390 g/mol. The third-order valence-corrected chi connectivity index (χ3v) is 5.98. The van der Waals surface area contributed by atoms with Gasteiger partial charge in [-0.1, -0.05) is 17.7 Å². The maximum absolute atomic E-state index is 12.6. The van der Waals surface area contributed by atoms with Gasteiger partial charge in [-0.3, -0.25) is 9.59 Å². The van der Waals surface area contributed by atoms with Gasteiger partial charge in [-0.05, 0) is 42.8 Å². The lowest BCUT2D eigenvalue weighted by molar-refractivity contribution is -0.114. The van der Waals surface area contributed by atoms with Crippen LogP contribution in [0.25, 0.3) is 0 Å². The van der Waals surface area contributed by atoms with Crippen LogP contribution in [-0.2, 0) is 14.8 Å². The van der Waals surface area contributed by atoms with Crippen molar-refractivity contribution in [3.05, 3.63) is 52.5 Å². The van der Waals surface area contributed by atoms with Gasteiger partial charge in [-0.2, -0.15) is 0 Å². The number of benzene rings is 2. The lowest BCUT2D eigenvalue weighted by Crippen LogP contribution is -2.23. The van der Waals surface area contributed by atoms with Gasteiger partial charge in [0, 0.05) is 26.6 Å². The molecule has 0 fully saturated rings. The van der Waals surface area contributed by atoms with E-state index in [1.807, 2.05) is 6.92 Å². The standard InChI is InChI=1S/C18H20ClN3O4S/c1-11-5-8-15(20-12(2)23)16(9-11)21-18(24)13-6-7-14(19)17(10-13)27(25,26)22(3)4/h5-10H,1-4H3,(H,20,23)(H,21,24). The number of amides is 2. The first-order valence-corrected chi connectivity index (χ1v) is 9.76. The second-order valence-electron chi connectivity index (χ2n) is 6.12. The van der Waals surface area contributed by atoms with E-state index in [0.29, 0.717) is 11.4 Å². The molecule has 144 valence electrons. The molecule has 2 rings (SSSR count). The van der Waals surface area contributed by atoms with E-state index in [1.165, 1.54) is 39.2 Å². The lowest BCUT2D eigenvalue weighted by Gasteiger charge is -2.15. The Morgan fingerprint density at radius 1 is 1.00 bits per heavy atom. The van der Waals surface area contributed by atoms with Crippen LogP contribution in [0.15, 0.2) is 41.3 Å². The van der Waals surface area contributed by atoms with E-state index in [4.69, 9.17) is 11.6 Å². The van der Waals surface area contributed by atoms with Gasteiger partial charge in [0.15, 0.2) is 0 Å². The minimum atomic E-state index is -3.80. The van der Waals surface area contributed by atoms with Crippen LogP contribution in [0.1, 0.15) is 22.8 Å². The summed E-state index contributed by atoms with van der Waals surface area (Å²) in [5.74, 6) is -0.806. The molecule has 27 heavy (non-hydrogen) atoms. The van der Waals surface area contributed by atoms with E-state index in [1.54, 1.807) is 18.2 Å². The molecule has 0 bridgehead atoms. The third-order valence-electron chi connectivity index (χ3n) is 3.69. The highest BCUT2D eigenvalue weighted by Gasteiger charge is 2.22. The third kappa shape index (κ3) is 4.85. The molecule has 2 N–H and O–H groups in total. The molecule has 9 heteroatoms. The quantitative estimate of drug-likeness (QED) is 0.793. The van der Waals surface area contributed by atoms with E-state index in [2.05, 4.69) is 10.6 Å². The number of hydrogen-bond donors (Lipinski definition) is 2. The van der Waals surface area contributed by atoms with Crippen molar-refractivity contribution in [2.45, 2.75) is 18.7 Å². The van der Waals surface area contributed by atoms with Crippen molar-refractivity contribution in [3.8, 4) is 0 Å². The first-order chi connectivity index (χ1) is 12.5. The van der Waals surface area contributed by atoms with Gasteiger partial charge in [-0.15, -0.1) is 0 Å². The van der Waals surface area contributed by atoms with E-state index < -0.39 is 15.9 Å². The summed E-state index contributed by atoms with van der Waals surface area (Å²) in [6.07, 6.45) is 0. The van der Waals surface area contributed by atoms with E-state index >= 15 is 0 Å². The molecule has 0 heterocycles. The molecule has 0 unspecified atom stereocenters. The number of carbonyl (C=O) groups is 2. The minimum absolute atomic E-state index is 0.0229. The maximum atomic E-state index is 12.6. The summed E-state index contributed by atoms with van der Waals surface area (Å²) in [7, 11) is -1.04. The Hall–Kier alpha value is -2.42. The fourth-order valence-electron chi connectivity index (χ4n) is 2.29. The zero-order valence-corrected chi connectivity index (χ0v) is 16.9. The van der Waals surface area contributed by atoms with Crippen molar-refractivity contribution < 1.29 is 18.0 Å². The van der Waals surface area contributed by atoms with Crippen molar-refractivity contribution in [1.29, 1.82) is 0 Å². The summed E-state index contributed by atoms with van der Waals surface area (Å²) in [6.45, 7) is 3.21. The predicted octanol–water partition coefficient (Wildman–Crippen LogP) is 3.11. The second kappa shape index (κ2) is 8.08. The highest BCUT2D eigenvalue weighted by Crippen LogP contribution is 2.27. The second-order valence-corrected chi connectivity index (χ2v) is 8.64. The Kier molecular flexibility index (Phi) is 6.25. The smallest absolute Gasteiger partial charge is 0.255 e. The summed E-state index contributed by atoms with van der Waals surface area (Å²) < 4.78 is 25.8. The van der Waals surface area contributed by atoms with Crippen molar-refractivity contribution in [3.63, 3.8) is 0 Å². The molecule has 0 saturated carbocycles. The van der Waals surface area contributed by atoms with Gasteiger partial charge in [0.05, 0.1) is 16.4 Å². The molecule has 0 spiro atoms. The molecule has 0 radical (unpaired) electrons. The highest BCUT2D eigenvalue weighted by atomic mass is 35.5. The fourth-order valence-corrected chi connectivity index (χ4v) is 3.69. The summed E-state index contributed by atoms with van der Waals surface area (Å²) in [4.78, 5) is 23.8. The van der Waals surface area contributed by atoms with Crippen LogP contribution in [0, 0.1) is 6.92 Å². The van der Waals surface area contributed by atoms with Crippen LogP contribution in [0.2, 0.25) is 5.02 Å². The Balaban J connectivity index is 2.40. The van der Waals surface area contributed by atoms with E-state index in [-0.39, 0.29) is 21.4 Å². The minimum Gasteiger partial charge on any atom is -0.325 e. The van der Waals surface area contributed by atoms with E-state index in [0.717, 1.165) is 9.87 Å². The Labute approximate surface area is 163 Å². The Morgan fingerprint density at radius 3 is 2.26 bits per heavy atom. The summed E-state index contributed by atoms with van der Waals surface area (Å²) in [5, 5.41) is 5.36. The molecule has 0 saturated heterocycles. The topological polar surface area (TPSA) is 95.6 Å². The summed E-state index contributed by atoms with van der Waals surface area (Å²) in [5.41, 5.74) is 1.85. The molecule has 2 aromatic rings. The SMILES string of the molecule is CC(=O)Nc1ccc(C)cc1NC(=O)c1ccc(Cl)c(S(=O)(=O)N(C)C)c1. The number of nitrogens with one attached hydrogen (secondary N) is 2. The fraction of sp³-hybridized carbons (Fsp3) is 0.222. The molecule has 0 aliphatic heterocycles. The first kappa shape index (κ1) is 20.9. The number of halogens is 1. The van der Waals surface area contributed by atoms with E-state index in [9.17, 15) is 18.0 Å². The molecule has 2 amide bonds. The number of aryl methyl sites for hydroxylation is 1. The number of rotatable bonds is 5. The largest absolute Gasteiger partial charge is 0.325 e. The average Bonchev–Trinajstić information content (AvgIpc) is 2.57.